The summed E-state index contributed by atoms with van der Waals surface area (Å²) in [5.41, 5.74) is 0. The van der Waals surface area contributed by atoms with Gasteiger partial charge in [0.1, 0.15) is 23.5 Å². The molecule has 2 saturated heterocycles. The van der Waals surface area contributed by atoms with E-state index in [2.05, 4.69) is 4.98 Å². The van der Waals surface area contributed by atoms with Crippen molar-refractivity contribution in [1.82, 2.24) is 4.98 Å². The Morgan fingerprint density at radius 1 is 1.29 bits per heavy atom. The van der Waals surface area contributed by atoms with Crippen molar-refractivity contribution in [2.75, 3.05) is 13.2 Å². The lowest BCUT2D eigenvalue weighted by molar-refractivity contribution is 0.00780. The van der Waals surface area contributed by atoms with Gasteiger partial charge in [-0.25, -0.2) is 4.98 Å². The largest absolute Gasteiger partial charge is 0.469 e. The van der Waals surface area contributed by atoms with Gasteiger partial charge in [0.2, 0.25) is 5.88 Å². The number of aromatic nitrogens is 1. The fourth-order valence-corrected chi connectivity index (χ4v) is 2.31. The third-order valence-corrected chi connectivity index (χ3v) is 3.15. The highest BCUT2D eigenvalue weighted by Crippen LogP contribution is 2.29. The molecular formula is C11H12ClNO4. The maximum Gasteiger partial charge on any atom is 0.215 e. The molecular weight excluding hydrogens is 246 g/mol. The molecule has 0 radical (unpaired) electrons. The first-order valence-electron chi connectivity index (χ1n) is 5.44. The third kappa shape index (κ3) is 2.11. The van der Waals surface area contributed by atoms with Crippen molar-refractivity contribution in [2.45, 2.75) is 24.4 Å². The van der Waals surface area contributed by atoms with Crippen molar-refractivity contribution < 1.29 is 19.3 Å². The molecule has 0 spiro atoms. The minimum absolute atomic E-state index is 0.231. The Hall–Kier alpha value is -0.880. The Kier molecular flexibility index (Phi) is 2.92. The molecule has 2 fully saturated rings. The summed E-state index contributed by atoms with van der Waals surface area (Å²) >= 11 is 5.77. The molecule has 2 aliphatic heterocycles. The van der Waals surface area contributed by atoms with Crippen LogP contribution in [0, 0.1) is 0 Å². The Labute approximate surface area is 103 Å². The van der Waals surface area contributed by atoms with E-state index in [1.807, 2.05) is 0 Å². The van der Waals surface area contributed by atoms with E-state index < -0.39 is 6.10 Å². The maximum atomic E-state index is 9.59. The maximum absolute atomic E-state index is 9.59. The zero-order valence-corrected chi connectivity index (χ0v) is 9.71. The topological polar surface area (TPSA) is 60.8 Å². The minimum atomic E-state index is -0.569. The van der Waals surface area contributed by atoms with Crippen LogP contribution < -0.4 is 4.74 Å². The van der Waals surface area contributed by atoms with Crippen LogP contribution in [0.1, 0.15) is 0 Å². The van der Waals surface area contributed by atoms with E-state index in [0.717, 1.165) is 0 Å². The van der Waals surface area contributed by atoms with E-state index in [1.54, 1.807) is 18.2 Å². The van der Waals surface area contributed by atoms with Crippen LogP contribution in [0.25, 0.3) is 0 Å². The molecule has 3 heterocycles. The molecule has 4 atom stereocenters. The van der Waals surface area contributed by atoms with Crippen LogP contribution in [0.5, 0.6) is 5.88 Å². The van der Waals surface area contributed by atoms with E-state index in [4.69, 9.17) is 25.8 Å². The van der Waals surface area contributed by atoms with Crippen LogP contribution in [0.3, 0.4) is 0 Å². The third-order valence-electron chi connectivity index (χ3n) is 2.94. The van der Waals surface area contributed by atoms with E-state index in [0.29, 0.717) is 17.6 Å². The summed E-state index contributed by atoms with van der Waals surface area (Å²) in [6.45, 7) is 0.679. The molecule has 17 heavy (non-hydrogen) atoms. The van der Waals surface area contributed by atoms with Crippen LogP contribution in [-0.2, 0) is 9.47 Å². The Bertz CT molecular complexity index is 416. The second-order valence-corrected chi connectivity index (χ2v) is 4.51. The summed E-state index contributed by atoms with van der Waals surface area (Å²) in [5, 5.41) is 9.96. The van der Waals surface area contributed by atoms with Crippen molar-refractivity contribution >= 4 is 11.6 Å². The molecule has 92 valence electrons. The van der Waals surface area contributed by atoms with Crippen molar-refractivity contribution in [3.05, 3.63) is 23.4 Å². The number of halogens is 1. The van der Waals surface area contributed by atoms with E-state index >= 15 is 0 Å². The molecule has 5 nitrogen and oxygen atoms in total. The number of hydrogen-bond acceptors (Lipinski definition) is 5. The van der Waals surface area contributed by atoms with Crippen molar-refractivity contribution in [1.29, 1.82) is 0 Å². The number of pyridine rings is 1. The summed E-state index contributed by atoms with van der Waals surface area (Å²) in [7, 11) is 0. The lowest BCUT2D eigenvalue weighted by Crippen LogP contribution is -2.34. The molecule has 0 saturated carbocycles. The summed E-state index contributed by atoms with van der Waals surface area (Å²) in [5.74, 6) is 0.441. The second-order valence-electron chi connectivity index (χ2n) is 4.12. The van der Waals surface area contributed by atoms with Gasteiger partial charge in [0.05, 0.1) is 13.2 Å². The smallest absolute Gasteiger partial charge is 0.215 e. The number of aliphatic hydroxyl groups is 1. The molecule has 1 aromatic rings. The highest BCUT2D eigenvalue weighted by molar-refractivity contribution is 6.29. The number of nitrogens with zero attached hydrogens (tertiary/aromatic N) is 1. The zero-order valence-electron chi connectivity index (χ0n) is 8.95. The second kappa shape index (κ2) is 4.42. The van der Waals surface area contributed by atoms with Crippen LogP contribution in [0.15, 0.2) is 18.2 Å². The number of ether oxygens (including phenoxy) is 3. The predicted molar refractivity (Wildman–Crippen MR) is 59.1 cm³/mol. The molecule has 0 aromatic carbocycles. The van der Waals surface area contributed by atoms with Gasteiger partial charge in [-0.15, -0.1) is 0 Å². The van der Waals surface area contributed by atoms with Crippen LogP contribution in [0.2, 0.25) is 5.15 Å². The van der Waals surface area contributed by atoms with E-state index in [9.17, 15) is 5.11 Å². The highest BCUT2D eigenvalue weighted by atomic mass is 35.5. The van der Waals surface area contributed by atoms with Crippen molar-refractivity contribution in [2.24, 2.45) is 0 Å². The molecule has 1 N–H and O–H groups in total. The SMILES string of the molecule is O[C@H]1COC2C1OC[C@H]2Oc1cccc(Cl)n1. The summed E-state index contributed by atoms with van der Waals surface area (Å²) in [6.07, 6.45) is -1.34. The first-order chi connectivity index (χ1) is 8.24. The van der Waals surface area contributed by atoms with Gasteiger partial charge in [-0.3, -0.25) is 0 Å². The molecule has 1 aromatic heterocycles. The lowest BCUT2D eigenvalue weighted by atomic mass is 10.1. The summed E-state index contributed by atoms with van der Waals surface area (Å²) in [6, 6.07) is 5.17. The number of rotatable bonds is 2. The zero-order chi connectivity index (χ0) is 11.8. The number of aliphatic hydroxyl groups excluding tert-OH is 1. The van der Waals surface area contributed by atoms with Gasteiger partial charge in [-0.2, -0.15) is 0 Å². The van der Waals surface area contributed by atoms with Crippen LogP contribution in [-0.4, -0.2) is 47.7 Å². The van der Waals surface area contributed by atoms with E-state index in [1.165, 1.54) is 0 Å². The fourth-order valence-electron chi connectivity index (χ4n) is 2.16. The van der Waals surface area contributed by atoms with Gasteiger partial charge >= 0.3 is 0 Å². The van der Waals surface area contributed by atoms with Crippen molar-refractivity contribution in [3.8, 4) is 5.88 Å². The summed E-state index contributed by atoms with van der Waals surface area (Å²) in [4.78, 5) is 4.04. The van der Waals surface area contributed by atoms with Gasteiger partial charge < -0.3 is 19.3 Å². The number of hydrogen-bond donors (Lipinski definition) is 1. The summed E-state index contributed by atoms with van der Waals surface area (Å²) < 4.78 is 16.5. The first-order valence-corrected chi connectivity index (χ1v) is 5.82. The molecule has 3 rings (SSSR count). The first kappa shape index (κ1) is 11.2. The fraction of sp³-hybridized carbons (Fsp3) is 0.545. The van der Waals surface area contributed by atoms with Gasteiger partial charge in [-0.05, 0) is 6.07 Å². The predicted octanol–water partition coefficient (Wildman–Crippen LogP) is 0.641. The highest BCUT2D eigenvalue weighted by Gasteiger charge is 2.48. The quantitative estimate of drug-likeness (QED) is 0.788. The average Bonchev–Trinajstić information content (AvgIpc) is 2.84. The molecule has 0 bridgehead atoms. The van der Waals surface area contributed by atoms with E-state index in [-0.39, 0.29) is 24.9 Å². The average molecular weight is 258 g/mol. The minimum Gasteiger partial charge on any atom is -0.469 e. The van der Waals surface area contributed by atoms with Crippen molar-refractivity contribution in [3.63, 3.8) is 0 Å². The molecule has 6 heteroatoms. The molecule has 2 aliphatic rings. The molecule has 2 unspecified atom stereocenters. The van der Waals surface area contributed by atoms with Gasteiger partial charge in [-0.1, -0.05) is 17.7 Å². The van der Waals surface area contributed by atoms with Crippen LogP contribution >= 0.6 is 11.6 Å². The van der Waals surface area contributed by atoms with Gasteiger partial charge in [0.15, 0.2) is 6.10 Å². The van der Waals surface area contributed by atoms with Gasteiger partial charge in [0, 0.05) is 6.07 Å². The standard InChI is InChI=1S/C11H12ClNO4/c12-8-2-1-3-9(13-8)17-7-5-16-10-6(14)4-15-11(7)10/h1-3,6-7,10-11,14H,4-5H2/t6-,7+,10?,11?/m0/s1. The Morgan fingerprint density at radius 2 is 2.12 bits per heavy atom. The van der Waals surface area contributed by atoms with Crippen LogP contribution in [0.4, 0.5) is 0 Å². The normalized spacial score (nSPS) is 35.9. The number of fused-ring (bicyclic) bond motifs is 1. The Morgan fingerprint density at radius 3 is 2.94 bits per heavy atom. The monoisotopic (exact) mass is 257 g/mol. The molecule has 0 amide bonds. The van der Waals surface area contributed by atoms with Gasteiger partial charge in [0.25, 0.3) is 0 Å². The lowest BCUT2D eigenvalue weighted by Gasteiger charge is -2.16. The molecule has 0 aliphatic carbocycles. The Balaban J connectivity index is 1.70.